The van der Waals surface area contributed by atoms with Gasteiger partial charge in [-0.1, -0.05) is 20.8 Å². The first-order chi connectivity index (χ1) is 19.0. The van der Waals surface area contributed by atoms with Crippen molar-refractivity contribution in [1.82, 2.24) is 4.90 Å². The molecule has 4 N–H and O–H groups in total. The lowest BCUT2D eigenvalue weighted by Crippen LogP contribution is -2.29. The van der Waals surface area contributed by atoms with Gasteiger partial charge in [0.25, 0.3) is 5.91 Å². The van der Waals surface area contributed by atoms with Gasteiger partial charge >= 0.3 is 12.1 Å². The van der Waals surface area contributed by atoms with Crippen LogP contribution in [0.2, 0.25) is 0 Å². The molecule has 1 aromatic carbocycles. The fraction of sp³-hybridized carbons (Fsp3) is 0.423. The van der Waals surface area contributed by atoms with Crippen molar-refractivity contribution >= 4 is 34.5 Å². The van der Waals surface area contributed by atoms with Gasteiger partial charge in [0.2, 0.25) is 0 Å². The van der Waals surface area contributed by atoms with E-state index in [-0.39, 0.29) is 12.5 Å². The number of halogens is 3. The van der Waals surface area contributed by atoms with Crippen LogP contribution >= 0.6 is 0 Å². The maximum absolute atomic E-state index is 13.7. The molecule has 0 aliphatic rings. The molecule has 0 spiro atoms. The van der Waals surface area contributed by atoms with E-state index in [1.54, 1.807) is 13.0 Å². The van der Waals surface area contributed by atoms with Gasteiger partial charge in [-0.2, -0.15) is 13.2 Å². The quantitative estimate of drug-likeness (QED) is 0.0843. The number of carbonyl (C=O) groups is 2. The van der Waals surface area contributed by atoms with Crippen LogP contribution < -0.4 is 11.1 Å². The predicted octanol–water partition coefficient (Wildman–Crippen LogP) is 4.40. The standard InChI is InChI=1S/C26H33F3N4O7S/c1-7-16(18-11-14(12-40-18)13(3)4)32-23(30)20(22(41(37)38)25(36)39-8-2)31-17-10-9-15(26(27,28)29)19(21(17)34)24(35)33(5)6/h9-13,16,31,34H,7-8H2,1-6H3,(H2,30,32)(H,37,38)/p-1. The van der Waals surface area contributed by atoms with Crippen LogP contribution in [-0.4, -0.2) is 57.2 Å². The van der Waals surface area contributed by atoms with E-state index in [2.05, 4.69) is 10.3 Å². The highest BCUT2D eigenvalue weighted by atomic mass is 32.2. The number of furan rings is 1. The molecule has 1 aromatic heterocycles. The van der Waals surface area contributed by atoms with Crippen molar-refractivity contribution in [2.24, 2.45) is 10.7 Å². The molecule has 2 aromatic rings. The molecular formula is C26H32F3N4O7S-. The number of hydrogen-bond acceptors (Lipinski definition) is 9. The van der Waals surface area contributed by atoms with Crippen molar-refractivity contribution in [2.75, 3.05) is 26.0 Å². The summed E-state index contributed by atoms with van der Waals surface area (Å²) in [6, 6.07) is 2.26. The molecule has 226 valence electrons. The number of benzene rings is 1. The van der Waals surface area contributed by atoms with Crippen LogP contribution in [0.1, 0.15) is 73.3 Å². The lowest BCUT2D eigenvalue weighted by atomic mass is 10.0. The lowest BCUT2D eigenvalue weighted by molar-refractivity contribution is -0.138. The molecule has 0 fully saturated rings. The predicted molar refractivity (Wildman–Crippen MR) is 145 cm³/mol. The second-order valence-electron chi connectivity index (χ2n) is 9.24. The maximum atomic E-state index is 13.7. The van der Waals surface area contributed by atoms with E-state index in [9.17, 15) is 36.6 Å². The number of nitrogens with one attached hydrogen (secondary N) is 1. The Morgan fingerprint density at radius 2 is 1.90 bits per heavy atom. The second kappa shape index (κ2) is 13.7. The summed E-state index contributed by atoms with van der Waals surface area (Å²) in [5, 5.41) is 13.2. The van der Waals surface area contributed by atoms with E-state index in [1.807, 2.05) is 13.8 Å². The molecule has 0 bridgehead atoms. The average Bonchev–Trinajstić information content (AvgIpc) is 3.37. The minimum Gasteiger partial charge on any atom is -0.768 e. The highest BCUT2D eigenvalue weighted by molar-refractivity contribution is 7.84. The Balaban J connectivity index is 2.81. The number of nitrogens with zero attached hydrogens (tertiary/aromatic N) is 2. The van der Waals surface area contributed by atoms with Crippen LogP contribution in [-0.2, 0) is 26.8 Å². The van der Waals surface area contributed by atoms with Crippen LogP contribution in [0.15, 0.2) is 44.5 Å². The summed E-state index contributed by atoms with van der Waals surface area (Å²) < 4.78 is 75.9. The summed E-state index contributed by atoms with van der Waals surface area (Å²) in [5.74, 6) is -3.74. The first kappa shape index (κ1) is 33.4. The molecule has 0 saturated carbocycles. The van der Waals surface area contributed by atoms with Gasteiger partial charge in [0.05, 0.1) is 29.7 Å². The maximum Gasteiger partial charge on any atom is 0.417 e. The van der Waals surface area contributed by atoms with Gasteiger partial charge in [-0.15, -0.1) is 0 Å². The number of aromatic hydroxyl groups is 1. The number of carbonyl (C=O) groups excluding carboxylic acids is 2. The smallest absolute Gasteiger partial charge is 0.417 e. The summed E-state index contributed by atoms with van der Waals surface area (Å²) in [6.45, 7) is 6.83. The molecule has 41 heavy (non-hydrogen) atoms. The number of amides is 1. The van der Waals surface area contributed by atoms with Gasteiger partial charge in [-0.25, -0.2) is 4.79 Å². The first-order valence-corrected chi connectivity index (χ1v) is 13.5. The highest BCUT2D eigenvalue weighted by Gasteiger charge is 2.38. The Labute approximate surface area is 237 Å². The van der Waals surface area contributed by atoms with E-state index >= 15 is 0 Å². The molecule has 0 aliphatic heterocycles. The Morgan fingerprint density at radius 1 is 1.27 bits per heavy atom. The van der Waals surface area contributed by atoms with Gasteiger partial charge in [0, 0.05) is 14.1 Å². The zero-order valence-corrected chi connectivity index (χ0v) is 24.1. The Hall–Kier alpha value is -3.85. The van der Waals surface area contributed by atoms with E-state index < -0.39 is 74.2 Å². The van der Waals surface area contributed by atoms with E-state index in [1.165, 1.54) is 27.3 Å². The summed E-state index contributed by atoms with van der Waals surface area (Å²) >= 11 is -3.30. The molecule has 2 unspecified atom stereocenters. The topological polar surface area (TPSA) is 171 Å². The van der Waals surface area contributed by atoms with Crippen molar-refractivity contribution in [3.8, 4) is 5.75 Å². The minimum atomic E-state index is -5.02. The van der Waals surface area contributed by atoms with Crippen LogP contribution in [0.5, 0.6) is 5.75 Å². The average molecular weight is 602 g/mol. The fourth-order valence-corrected chi connectivity index (χ4v) is 4.14. The molecular weight excluding hydrogens is 569 g/mol. The number of nitrogens with two attached hydrogens (primary N) is 1. The zero-order chi connectivity index (χ0) is 31.2. The number of amidine groups is 1. The number of esters is 1. The van der Waals surface area contributed by atoms with Crippen LogP contribution in [0, 0.1) is 0 Å². The van der Waals surface area contributed by atoms with Crippen molar-refractivity contribution in [3.05, 3.63) is 57.5 Å². The number of rotatable bonds is 11. The molecule has 11 nitrogen and oxygen atoms in total. The minimum absolute atomic E-state index is 0.128. The van der Waals surface area contributed by atoms with Crippen molar-refractivity contribution in [2.45, 2.75) is 52.3 Å². The molecule has 0 aliphatic carbocycles. The number of phenolic OH excluding ortho intramolecular Hbond substituents is 1. The largest absolute Gasteiger partial charge is 0.768 e. The number of aliphatic imine (C=N–C) groups is 1. The number of ether oxygens (including phenoxy) is 1. The molecule has 0 saturated heterocycles. The number of alkyl halides is 3. The monoisotopic (exact) mass is 601 g/mol. The van der Waals surface area contributed by atoms with Crippen molar-refractivity contribution in [1.29, 1.82) is 0 Å². The molecule has 15 heteroatoms. The Bertz CT molecular complexity index is 1370. The summed E-state index contributed by atoms with van der Waals surface area (Å²) in [7, 11) is 2.36. The molecule has 0 radical (unpaired) electrons. The highest BCUT2D eigenvalue weighted by Crippen LogP contribution is 2.40. The van der Waals surface area contributed by atoms with E-state index in [4.69, 9.17) is 14.9 Å². The third kappa shape index (κ3) is 7.88. The van der Waals surface area contributed by atoms with Crippen LogP contribution in [0.25, 0.3) is 0 Å². The van der Waals surface area contributed by atoms with Gasteiger partial charge in [-0.05, 0) is 54.1 Å². The van der Waals surface area contributed by atoms with Crippen molar-refractivity contribution < 1.29 is 45.8 Å². The molecule has 1 heterocycles. The van der Waals surface area contributed by atoms with E-state index in [0.717, 1.165) is 16.5 Å². The molecule has 1 amide bonds. The zero-order valence-electron chi connectivity index (χ0n) is 23.3. The van der Waals surface area contributed by atoms with Crippen molar-refractivity contribution in [3.63, 3.8) is 0 Å². The number of hydrogen-bond donors (Lipinski definition) is 3. The third-order valence-corrected chi connectivity index (χ3v) is 6.49. The third-order valence-electron chi connectivity index (χ3n) is 5.79. The van der Waals surface area contributed by atoms with E-state index in [0.29, 0.717) is 18.2 Å². The van der Waals surface area contributed by atoms with Crippen LogP contribution in [0.3, 0.4) is 0 Å². The summed E-state index contributed by atoms with van der Waals surface area (Å²) in [6.07, 6.45) is -3.17. The Kier molecular flexibility index (Phi) is 11.1. The molecule has 2 rings (SSSR count). The fourth-order valence-electron chi connectivity index (χ4n) is 3.62. The SMILES string of the molecule is CCOC(=O)C(=C(Nc1ccc(C(F)(F)F)c(C(=O)N(C)C)c1O)C(N)=NC(CC)c1cc(C(C)C)co1)S(=O)[O-]. The number of phenols is 1. The summed E-state index contributed by atoms with van der Waals surface area (Å²) in [4.78, 5) is 29.4. The Morgan fingerprint density at radius 3 is 2.37 bits per heavy atom. The van der Waals surface area contributed by atoms with Gasteiger partial charge < -0.3 is 34.8 Å². The second-order valence-corrected chi connectivity index (χ2v) is 10.1. The summed E-state index contributed by atoms with van der Waals surface area (Å²) in [5.41, 5.74) is 3.26. The lowest BCUT2D eigenvalue weighted by Gasteiger charge is -2.22. The van der Waals surface area contributed by atoms with Gasteiger partial charge in [0.15, 0.2) is 5.75 Å². The first-order valence-electron chi connectivity index (χ1n) is 12.4. The van der Waals surface area contributed by atoms with Gasteiger partial charge in [0.1, 0.15) is 28.2 Å². The molecule has 2 atom stereocenters. The van der Waals surface area contributed by atoms with Crippen LogP contribution in [0.4, 0.5) is 18.9 Å². The number of anilines is 1. The van der Waals surface area contributed by atoms with Gasteiger partial charge in [-0.3, -0.25) is 14.0 Å². The normalized spacial score (nSPS) is 14.4.